The van der Waals surface area contributed by atoms with Gasteiger partial charge in [-0.05, 0) is 48.3 Å². The third-order valence-electron chi connectivity index (χ3n) is 5.62. The molecule has 1 amide bonds. The Labute approximate surface area is 140 Å². The fraction of sp³-hybridized carbons (Fsp3) is 0.412. The second-order valence-corrected chi connectivity index (χ2v) is 7.59. The molecular weight excluding hydrogens is 365 g/mol. The number of hydrogen-bond acceptors (Lipinski definition) is 2. The van der Waals surface area contributed by atoms with E-state index in [0.29, 0.717) is 4.47 Å². The van der Waals surface area contributed by atoms with Crippen LogP contribution in [0.2, 0.25) is 0 Å². The summed E-state index contributed by atoms with van der Waals surface area (Å²) in [5.74, 6) is -3.35. The number of benzene rings is 1. The number of hydrogen-bond donors (Lipinski definition) is 2. The van der Waals surface area contributed by atoms with Crippen molar-refractivity contribution in [1.82, 2.24) is 0 Å². The topological polar surface area (TPSA) is 66.4 Å². The van der Waals surface area contributed by atoms with Crippen LogP contribution in [0.25, 0.3) is 0 Å². The molecule has 3 aliphatic rings. The molecule has 3 aliphatic carbocycles. The molecule has 1 aromatic carbocycles. The predicted molar refractivity (Wildman–Crippen MR) is 85.1 cm³/mol. The summed E-state index contributed by atoms with van der Waals surface area (Å²) in [6.45, 7) is 0. The molecule has 2 saturated carbocycles. The lowest BCUT2D eigenvalue weighted by atomic mass is 9.82. The number of allylic oxidation sites excluding steroid dienone is 2. The fourth-order valence-corrected chi connectivity index (χ4v) is 4.83. The monoisotopic (exact) mass is 379 g/mol. The maximum Gasteiger partial charge on any atom is 0.307 e. The number of amides is 1. The van der Waals surface area contributed by atoms with Crippen LogP contribution in [0.3, 0.4) is 0 Å². The van der Waals surface area contributed by atoms with Gasteiger partial charge in [-0.2, -0.15) is 0 Å². The van der Waals surface area contributed by atoms with Crippen molar-refractivity contribution < 1.29 is 19.1 Å². The molecule has 0 saturated heterocycles. The minimum Gasteiger partial charge on any atom is -0.481 e. The van der Waals surface area contributed by atoms with Crippen molar-refractivity contribution in [1.29, 1.82) is 0 Å². The number of carbonyl (C=O) groups is 2. The normalized spacial score (nSPS) is 32.3. The Morgan fingerprint density at radius 3 is 2.43 bits per heavy atom. The fourth-order valence-electron chi connectivity index (χ4n) is 4.50. The maximum atomic E-state index is 13.9. The summed E-state index contributed by atoms with van der Waals surface area (Å²) >= 11 is 3.17. The van der Waals surface area contributed by atoms with Gasteiger partial charge in [-0.3, -0.25) is 9.59 Å². The summed E-state index contributed by atoms with van der Waals surface area (Å²) in [4.78, 5) is 24.4. The average Bonchev–Trinajstić information content (AvgIpc) is 3.15. The largest absolute Gasteiger partial charge is 0.481 e. The maximum absolute atomic E-state index is 13.9. The van der Waals surface area contributed by atoms with Crippen LogP contribution in [0, 0.1) is 34.9 Å². The van der Waals surface area contributed by atoms with Crippen LogP contribution in [0.1, 0.15) is 12.8 Å². The first kappa shape index (κ1) is 14.9. The van der Waals surface area contributed by atoms with Gasteiger partial charge in [-0.15, -0.1) is 0 Å². The quantitative estimate of drug-likeness (QED) is 0.790. The Kier molecular flexibility index (Phi) is 3.17. The molecule has 0 unspecified atom stereocenters. The van der Waals surface area contributed by atoms with E-state index in [1.807, 2.05) is 12.2 Å². The van der Waals surface area contributed by atoms with Crippen molar-refractivity contribution in [2.24, 2.45) is 29.1 Å². The molecule has 4 nitrogen and oxygen atoms in total. The molecule has 0 aliphatic heterocycles. The van der Waals surface area contributed by atoms with E-state index in [-0.39, 0.29) is 22.9 Å². The number of anilines is 1. The van der Waals surface area contributed by atoms with Crippen LogP contribution in [-0.4, -0.2) is 17.0 Å². The van der Waals surface area contributed by atoms with E-state index in [1.165, 1.54) is 12.1 Å². The van der Waals surface area contributed by atoms with Gasteiger partial charge < -0.3 is 10.4 Å². The number of carbonyl (C=O) groups excluding carboxylic acids is 1. The van der Waals surface area contributed by atoms with E-state index in [1.54, 1.807) is 6.07 Å². The Morgan fingerprint density at radius 2 is 1.87 bits per heavy atom. The van der Waals surface area contributed by atoms with Crippen molar-refractivity contribution in [3.63, 3.8) is 0 Å². The molecule has 1 aromatic rings. The van der Waals surface area contributed by atoms with Crippen LogP contribution in [0.5, 0.6) is 0 Å². The molecule has 4 atom stereocenters. The van der Waals surface area contributed by atoms with E-state index in [4.69, 9.17) is 0 Å². The third-order valence-corrected chi connectivity index (χ3v) is 6.11. The van der Waals surface area contributed by atoms with E-state index in [9.17, 15) is 19.1 Å². The molecule has 6 heteroatoms. The SMILES string of the molecule is O=C(O)[C@H]1[C@H](C(=O)Nc2ccc(Br)cc2F)[C@@H]2C=C[C@H]1C21CC1. The molecule has 120 valence electrons. The van der Waals surface area contributed by atoms with Crippen LogP contribution in [0.15, 0.2) is 34.8 Å². The predicted octanol–water partition coefficient (Wildman–Crippen LogP) is 3.44. The summed E-state index contributed by atoms with van der Waals surface area (Å²) in [5, 5.41) is 12.2. The minimum absolute atomic E-state index is 0.0384. The Balaban J connectivity index is 1.62. The first-order chi connectivity index (χ1) is 10.9. The zero-order valence-electron chi connectivity index (χ0n) is 12.1. The molecule has 2 fully saturated rings. The highest BCUT2D eigenvalue weighted by Gasteiger charge is 2.70. The Bertz CT molecular complexity index is 743. The van der Waals surface area contributed by atoms with Gasteiger partial charge in [0.1, 0.15) is 5.82 Å². The minimum atomic E-state index is -0.940. The Morgan fingerprint density at radius 1 is 1.22 bits per heavy atom. The molecule has 0 radical (unpaired) electrons. The van der Waals surface area contributed by atoms with Crippen molar-refractivity contribution in [3.8, 4) is 0 Å². The second-order valence-electron chi connectivity index (χ2n) is 6.67. The lowest BCUT2D eigenvalue weighted by Crippen LogP contribution is -2.36. The first-order valence-electron chi connectivity index (χ1n) is 7.61. The molecule has 0 aromatic heterocycles. The number of carboxylic acid groups (broad SMARTS) is 1. The summed E-state index contributed by atoms with van der Waals surface area (Å²) < 4.78 is 14.5. The van der Waals surface area contributed by atoms with Crippen molar-refractivity contribution in [2.75, 3.05) is 5.32 Å². The molecule has 2 N–H and O–H groups in total. The third kappa shape index (κ3) is 2.07. The summed E-state index contributed by atoms with van der Waals surface area (Å²) in [7, 11) is 0. The van der Waals surface area contributed by atoms with Gasteiger partial charge in [0, 0.05) is 4.47 Å². The summed E-state index contributed by atoms with van der Waals surface area (Å²) in [6, 6.07) is 4.38. The van der Waals surface area contributed by atoms with Crippen molar-refractivity contribution >= 4 is 33.5 Å². The Hall–Kier alpha value is -1.69. The molecular formula is C17H15BrFNO3. The molecule has 0 heterocycles. The van der Waals surface area contributed by atoms with Crippen molar-refractivity contribution in [2.45, 2.75) is 12.8 Å². The van der Waals surface area contributed by atoms with E-state index < -0.39 is 29.5 Å². The van der Waals surface area contributed by atoms with Crippen LogP contribution in [0.4, 0.5) is 10.1 Å². The molecule has 1 spiro atoms. The first-order valence-corrected chi connectivity index (χ1v) is 8.40. The highest BCUT2D eigenvalue weighted by molar-refractivity contribution is 9.10. The van der Waals surface area contributed by atoms with Gasteiger partial charge in [-0.25, -0.2) is 4.39 Å². The number of carboxylic acids is 1. The van der Waals surface area contributed by atoms with Gasteiger partial charge in [0.25, 0.3) is 0 Å². The molecule has 23 heavy (non-hydrogen) atoms. The average molecular weight is 380 g/mol. The number of halogens is 2. The highest BCUT2D eigenvalue weighted by Crippen LogP contribution is 2.72. The van der Waals surface area contributed by atoms with E-state index >= 15 is 0 Å². The van der Waals surface area contributed by atoms with Gasteiger partial charge in [0.05, 0.1) is 17.5 Å². The van der Waals surface area contributed by atoms with Crippen LogP contribution >= 0.6 is 15.9 Å². The summed E-state index contributed by atoms with van der Waals surface area (Å²) in [6.07, 6.45) is 5.88. The number of rotatable bonds is 3. The van der Waals surface area contributed by atoms with E-state index in [2.05, 4.69) is 21.2 Å². The molecule has 4 rings (SSSR count). The lowest BCUT2D eigenvalue weighted by Gasteiger charge is -2.23. The van der Waals surface area contributed by atoms with Crippen LogP contribution < -0.4 is 5.32 Å². The standard InChI is InChI=1S/C17H15BrFNO3/c18-8-1-4-12(11(19)7-8)20-15(21)13-9-2-3-10(14(13)16(22)23)17(9)5-6-17/h1-4,7,9-10,13-14H,5-6H2,(H,20,21)(H,22,23)/t9-,10+,13+,14+/m0/s1. The molecule has 2 bridgehead atoms. The van der Waals surface area contributed by atoms with Gasteiger partial charge in [-0.1, -0.05) is 28.1 Å². The van der Waals surface area contributed by atoms with E-state index in [0.717, 1.165) is 12.8 Å². The van der Waals surface area contributed by atoms with Gasteiger partial charge in [0.2, 0.25) is 5.91 Å². The van der Waals surface area contributed by atoms with Crippen molar-refractivity contribution in [3.05, 3.63) is 40.6 Å². The van der Waals surface area contributed by atoms with Gasteiger partial charge >= 0.3 is 5.97 Å². The number of nitrogens with one attached hydrogen (secondary N) is 1. The van der Waals surface area contributed by atoms with Crippen LogP contribution in [-0.2, 0) is 9.59 Å². The van der Waals surface area contributed by atoms with Gasteiger partial charge in [0.15, 0.2) is 0 Å². The number of aliphatic carboxylic acids is 1. The smallest absolute Gasteiger partial charge is 0.307 e. The zero-order chi connectivity index (χ0) is 16.4. The highest BCUT2D eigenvalue weighted by atomic mass is 79.9. The summed E-state index contributed by atoms with van der Waals surface area (Å²) in [5.41, 5.74) is 0.0440. The second kappa shape index (κ2) is 4.90. The zero-order valence-corrected chi connectivity index (χ0v) is 13.7. The lowest BCUT2D eigenvalue weighted by molar-refractivity contribution is -0.146.